The molecule has 1 heterocycles. The quantitative estimate of drug-likeness (QED) is 0.417. The van der Waals surface area contributed by atoms with Crippen LogP contribution in [0.15, 0.2) is 0 Å². The maximum atomic E-state index is 2.50. The van der Waals surface area contributed by atoms with Crippen molar-refractivity contribution in [2.24, 2.45) is 7.05 Å². The van der Waals surface area contributed by atoms with E-state index in [-0.39, 0.29) is 0 Å². The summed E-state index contributed by atoms with van der Waals surface area (Å²) in [5.41, 5.74) is 20.0. The second kappa shape index (κ2) is 7.27. The molecule has 3 rings (SSSR count). The minimum atomic E-state index is 1.04. The van der Waals surface area contributed by atoms with Crippen molar-refractivity contribution in [1.82, 2.24) is 0 Å². The highest BCUT2D eigenvalue weighted by molar-refractivity contribution is 5.91. The van der Waals surface area contributed by atoms with Crippen LogP contribution in [0.3, 0.4) is 0 Å². The van der Waals surface area contributed by atoms with Crippen LogP contribution in [0.2, 0.25) is 0 Å². The fraction of sp³-hybridized carbons (Fsp3) is 0.464. The Balaban J connectivity index is 2.68. The maximum absolute atomic E-state index is 2.50. The summed E-state index contributed by atoms with van der Waals surface area (Å²) in [5.74, 6) is 0. The number of nitrogens with zero attached hydrogens (tertiary/aromatic N) is 1. The van der Waals surface area contributed by atoms with Crippen molar-refractivity contribution in [1.29, 1.82) is 0 Å². The van der Waals surface area contributed by atoms with Crippen LogP contribution in [0.1, 0.15) is 68.1 Å². The Bertz CT molecular complexity index is 1150. The molecular weight excluding hydrogens is 350 g/mol. The summed E-state index contributed by atoms with van der Waals surface area (Å²) in [6, 6.07) is 0. The Hall–Kier alpha value is -2.15. The van der Waals surface area contributed by atoms with Crippen molar-refractivity contribution in [3.05, 3.63) is 61.2 Å². The van der Waals surface area contributed by atoms with Crippen LogP contribution in [0, 0.1) is 69.2 Å². The van der Waals surface area contributed by atoms with Gasteiger partial charge in [-0.2, -0.15) is 4.57 Å². The van der Waals surface area contributed by atoms with E-state index in [1.165, 1.54) is 83.4 Å². The number of hydrogen-bond acceptors (Lipinski definition) is 0. The van der Waals surface area contributed by atoms with Crippen molar-refractivity contribution in [2.45, 2.75) is 82.6 Å². The molecule has 0 amide bonds. The Morgan fingerprint density at radius 1 is 0.517 bits per heavy atom. The summed E-state index contributed by atoms with van der Waals surface area (Å²) < 4.78 is 2.50. The molecule has 154 valence electrons. The maximum Gasteiger partial charge on any atom is 0.216 e. The summed E-state index contributed by atoms with van der Waals surface area (Å²) in [6.07, 6.45) is 1.04. The van der Waals surface area contributed by atoms with Crippen LogP contribution in [0.5, 0.6) is 0 Å². The zero-order valence-electron chi connectivity index (χ0n) is 20.7. The van der Waals surface area contributed by atoms with Gasteiger partial charge in [-0.15, -0.1) is 0 Å². The minimum Gasteiger partial charge on any atom is -0.194 e. The van der Waals surface area contributed by atoms with Gasteiger partial charge in [0.1, 0.15) is 7.05 Å². The summed E-state index contributed by atoms with van der Waals surface area (Å²) >= 11 is 0. The highest BCUT2D eigenvalue weighted by Crippen LogP contribution is 2.39. The predicted molar refractivity (Wildman–Crippen MR) is 127 cm³/mol. The molecule has 1 nitrogen and oxygen atoms in total. The SMILES string of the molecule is CCc1c(C)c2c(C)c(C)c(C)c(C)c2[n+](C)c1-c1c(C)c(C)c(C)c(C)c1C. The van der Waals surface area contributed by atoms with E-state index in [4.69, 9.17) is 0 Å². The molecule has 2 aromatic carbocycles. The van der Waals surface area contributed by atoms with Crippen molar-refractivity contribution >= 4 is 10.9 Å². The van der Waals surface area contributed by atoms with Crippen LogP contribution in [0.4, 0.5) is 0 Å². The summed E-state index contributed by atoms with van der Waals surface area (Å²) in [6.45, 7) is 25.2. The van der Waals surface area contributed by atoms with Gasteiger partial charge in [-0.1, -0.05) is 6.92 Å². The number of aryl methyl sites for hydroxylation is 4. The number of rotatable bonds is 2. The molecule has 0 saturated heterocycles. The van der Waals surface area contributed by atoms with E-state index in [0.717, 1.165) is 6.42 Å². The fourth-order valence-electron chi connectivity index (χ4n) is 5.42. The Morgan fingerprint density at radius 3 is 1.41 bits per heavy atom. The van der Waals surface area contributed by atoms with E-state index < -0.39 is 0 Å². The molecule has 0 aliphatic carbocycles. The molecule has 0 aliphatic rings. The standard InChI is InChI=1S/C28H38N/c1-13-24-23(11)26-21(9)17(5)18(6)22(10)27(26)29(12)28(24)25-19(7)15(3)14(2)16(4)20(25)8/h13H2,1-12H3/q+1. The van der Waals surface area contributed by atoms with Gasteiger partial charge in [-0.25, -0.2) is 0 Å². The molecule has 0 saturated carbocycles. The lowest BCUT2D eigenvalue weighted by Crippen LogP contribution is -2.36. The van der Waals surface area contributed by atoms with Gasteiger partial charge < -0.3 is 0 Å². The van der Waals surface area contributed by atoms with E-state index in [1.807, 2.05) is 0 Å². The van der Waals surface area contributed by atoms with E-state index >= 15 is 0 Å². The molecule has 0 N–H and O–H groups in total. The largest absolute Gasteiger partial charge is 0.216 e. The van der Waals surface area contributed by atoms with Gasteiger partial charge in [0.05, 0.1) is 10.9 Å². The number of benzene rings is 2. The monoisotopic (exact) mass is 388 g/mol. The third-order valence-corrected chi connectivity index (χ3v) is 8.03. The number of aromatic nitrogens is 1. The predicted octanol–water partition coefficient (Wildman–Crippen LogP) is 6.98. The fourth-order valence-corrected chi connectivity index (χ4v) is 5.42. The van der Waals surface area contributed by atoms with Crippen LogP contribution >= 0.6 is 0 Å². The minimum absolute atomic E-state index is 1.04. The third kappa shape index (κ3) is 2.85. The molecule has 3 aromatic rings. The second-order valence-electron chi connectivity index (χ2n) is 9.09. The molecule has 0 fully saturated rings. The molecule has 0 bridgehead atoms. The van der Waals surface area contributed by atoms with Gasteiger partial charge >= 0.3 is 0 Å². The number of hydrogen-bond donors (Lipinski definition) is 0. The second-order valence-corrected chi connectivity index (χ2v) is 9.09. The molecule has 29 heavy (non-hydrogen) atoms. The lowest BCUT2D eigenvalue weighted by Gasteiger charge is -2.22. The first-order valence-electron chi connectivity index (χ1n) is 11.0. The van der Waals surface area contributed by atoms with Crippen LogP contribution < -0.4 is 4.57 Å². The first-order chi connectivity index (χ1) is 13.5. The van der Waals surface area contributed by atoms with Gasteiger partial charge in [0.2, 0.25) is 11.2 Å². The van der Waals surface area contributed by atoms with Gasteiger partial charge in [0, 0.05) is 11.1 Å². The topological polar surface area (TPSA) is 3.88 Å². The molecule has 0 unspecified atom stereocenters. The van der Waals surface area contributed by atoms with Gasteiger partial charge in [-0.3, -0.25) is 0 Å². The van der Waals surface area contributed by atoms with Crippen LogP contribution in [-0.2, 0) is 13.5 Å². The molecule has 0 radical (unpaired) electrons. The van der Waals surface area contributed by atoms with E-state index in [2.05, 4.69) is 87.8 Å². The summed E-state index contributed by atoms with van der Waals surface area (Å²) in [4.78, 5) is 0. The molecular formula is C28H38N+. The van der Waals surface area contributed by atoms with Gasteiger partial charge in [0.15, 0.2) is 0 Å². The van der Waals surface area contributed by atoms with Crippen LogP contribution in [-0.4, -0.2) is 0 Å². The highest BCUT2D eigenvalue weighted by atomic mass is 14.9. The molecule has 1 heteroatoms. The Morgan fingerprint density at radius 2 is 0.931 bits per heavy atom. The first-order valence-corrected chi connectivity index (χ1v) is 11.0. The van der Waals surface area contributed by atoms with E-state index in [9.17, 15) is 0 Å². The summed E-state index contributed by atoms with van der Waals surface area (Å²) in [5, 5.41) is 1.45. The first kappa shape index (κ1) is 21.6. The Kier molecular flexibility index (Phi) is 5.41. The lowest BCUT2D eigenvalue weighted by atomic mass is 9.83. The third-order valence-electron chi connectivity index (χ3n) is 8.03. The molecule has 0 aliphatic heterocycles. The van der Waals surface area contributed by atoms with Gasteiger partial charge in [0.25, 0.3) is 0 Å². The average molecular weight is 389 g/mol. The van der Waals surface area contributed by atoms with E-state index in [0.29, 0.717) is 0 Å². The summed E-state index contributed by atoms with van der Waals surface area (Å²) in [7, 11) is 2.28. The van der Waals surface area contributed by atoms with Crippen molar-refractivity contribution in [2.75, 3.05) is 0 Å². The average Bonchev–Trinajstić information content (AvgIpc) is 2.69. The lowest BCUT2D eigenvalue weighted by molar-refractivity contribution is -0.634. The zero-order valence-corrected chi connectivity index (χ0v) is 20.7. The van der Waals surface area contributed by atoms with Crippen molar-refractivity contribution in [3.8, 4) is 11.3 Å². The highest BCUT2D eigenvalue weighted by Gasteiger charge is 2.29. The van der Waals surface area contributed by atoms with Crippen molar-refractivity contribution < 1.29 is 4.57 Å². The van der Waals surface area contributed by atoms with E-state index in [1.54, 1.807) is 0 Å². The van der Waals surface area contributed by atoms with Crippen molar-refractivity contribution in [3.63, 3.8) is 0 Å². The number of fused-ring (bicyclic) bond motifs is 1. The number of pyridine rings is 1. The molecule has 1 aromatic heterocycles. The smallest absolute Gasteiger partial charge is 0.194 e. The molecule has 0 atom stereocenters. The van der Waals surface area contributed by atoms with Crippen LogP contribution in [0.25, 0.3) is 22.2 Å². The molecule has 0 spiro atoms. The normalized spacial score (nSPS) is 11.6. The zero-order chi connectivity index (χ0) is 21.9. The van der Waals surface area contributed by atoms with Gasteiger partial charge in [-0.05, 0) is 126 Å². The Labute approximate surface area is 177 Å².